The first kappa shape index (κ1) is 9.62. The second-order valence-corrected chi connectivity index (χ2v) is 2.58. The lowest BCUT2D eigenvalue weighted by Crippen LogP contribution is -2.20. The zero-order valence-corrected chi connectivity index (χ0v) is 7.66. The smallest absolute Gasteiger partial charge is 0.157 e. The fourth-order valence-electron chi connectivity index (χ4n) is 0.875. The van der Waals surface area contributed by atoms with Gasteiger partial charge in [-0.1, -0.05) is 5.92 Å². The lowest BCUT2D eigenvalue weighted by Gasteiger charge is -2.02. The molecule has 0 amide bonds. The van der Waals surface area contributed by atoms with Gasteiger partial charge in [-0.3, -0.25) is 4.68 Å². The predicted octanol–water partition coefficient (Wildman–Crippen LogP) is 0.0217. The topological polar surface area (TPSA) is 39.1 Å². The highest BCUT2D eigenvalue weighted by atomic mass is 16.5. The number of nitrogens with zero attached hydrogens (tertiary/aromatic N) is 2. The maximum atomic E-state index is 5.36. The highest BCUT2D eigenvalue weighted by molar-refractivity contribution is 5.11. The third-order valence-corrected chi connectivity index (χ3v) is 1.46. The van der Waals surface area contributed by atoms with Crippen LogP contribution >= 0.6 is 0 Å². The van der Waals surface area contributed by atoms with Gasteiger partial charge in [-0.25, -0.2) is 0 Å². The number of aryl methyl sites for hydroxylation is 1. The monoisotopic (exact) mass is 179 g/mol. The molecule has 0 fully saturated rings. The van der Waals surface area contributed by atoms with Crippen LogP contribution < -0.4 is 10.1 Å². The molecule has 1 rings (SSSR count). The predicted molar refractivity (Wildman–Crippen MR) is 50.4 cm³/mol. The van der Waals surface area contributed by atoms with E-state index in [9.17, 15) is 0 Å². The number of hydrogen-bond acceptors (Lipinski definition) is 3. The molecule has 0 saturated heterocycles. The Morgan fingerprint density at radius 1 is 1.77 bits per heavy atom. The second kappa shape index (κ2) is 5.22. The third kappa shape index (κ3) is 3.63. The minimum atomic E-state index is 0.580. The Morgan fingerprint density at radius 3 is 3.23 bits per heavy atom. The fourth-order valence-corrected chi connectivity index (χ4v) is 0.875. The molecule has 13 heavy (non-hydrogen) atoms. The van der Waals surface area contributed by atoms with Crippen molar-refractivity contribution in [1.82, 2.24) is 15.1 Å². The van der Waals surface area contributed by atoms with Gasteiger partial charge in [0.1, 0.15) is 6.61 Å². The van der Waals surface area contributed by atoms with E-state index in [1.165, 1.54) is 0 Å². The molecule has 70 valence electrons. The van der Waals surface area contributed by atoms with Crippen molar-refractivity contribution >= 4 is 0 Å². The number of hydrogen-bond donors (Lipinski definition) is 1. The molecule has 0 aliphatic heterocycles. The van der Waals surface area contributed by atoms with Crippen molar-refractivity contribution in [2.45, 2.75) is 0 Å². The van der Waals surface area contributed by atoms with Gasteiger partial charge < -0.3 is 10.1 Å². The Hall–Kier alpha value is -1.47. The largest absolute Gasteiger partial charge is 0.489 e. The summed E-state index contributed by atoms with van der Waals surface area (Å²) in [5.41, 5.74) is 0. The minimum Gasteiger partial charge on any atom is -0.489 e. The Kier molecular flexibility index (Phi) is 3.86. The normalized spacial score (nSPS) is 9.54. The summed E-state index contributed by atoms with van der Waals surface area (Å²) in [4.78, 5) is 0. The van der Waals surface area contributed by atoms with Gasteiger partial charge in [0.15, 0.2) is 5.75 Å². The lowest BCUT2D eigenvalue weighted by atomic mass is 10.6. The molecule has 0 bridgehead atoms. The summed E-state index contributed by atoms with van der Waals surface area (Å²) < 4.78 is 7.06. The highest BCUT2D eigenvalue weighted by Crippen LogP contribution is 2.05. The standard InChI is InChI=1S/C9H13N3O/c1-3-4-10-5-6-13-9-7-11-12(2)8-9/h1,7-8,10H,4-6H2,2H3. The first-order valence-corrected chi connectivity index (χ1v) is 4.08. The second-order valence-electron chi connectivity index (χ2n) is 2.58. The maximum absolute atomic E-state index is 5.36. The van der Waals surface area contributed by atoms with Crippen molar-refractivity contribution in [2.75, 3.05) is 19.7 Å². The Balaban J connectivity index is 2.10. The van der Waals surface area contributed by atoms with Crippen molar-refractivity contribution in [3.8, 4) is 18.1 Å². The van der Waals surface area contributed by atoms with Gasteiger partial charge in [0, 0.05) is 13.6 Å². The SMILES string of the molecule is C#CCNCCOc1cnn(C)c1. The Morgan fingerprint density at radius 2 is 2.62 bits per heavy atom. The number of aromatic nitrogens is 2. The van der Waals surface area contributed by atoms with Gasteiger partial charge in [0.2, 0.25) is 0 Å². The maximum Gasteiger partial charge on any atom is 0.157 e. The average molecular weight is 179 g/mol. The van der Waals surface area contributed by atoms with Crippen LogP contribution in [0.3, 0.4) is 0 Å². The molecular weight excluding hydrogens is 166 g/mol. The molecule has 0 spiro atoms. The molecule has 4 heteroatoms. The lowest BCUT2D eigenvalue weighted by molar-refractivity contribution is 0.316. The van der Waals surface area contributed by atoms with Gasteiger partial charge in [0.25, 0.3) is 0 Å². The molecule has 1 heterocycles. The molecule has 0 atom stereocenters. The van der Waals surface area contributed by atoms with E-state index in [0.717, 1.165) is 12.3 Å². The van der Waals surface area contributed by atoms with Crippen molar-refractivity contribution in [3.63, 3.8) is 0 Å². The summed E-state index contributed by atoms with van der Waals surface area (Å²) in [6, 6.07) is 0. The van der Waals surface area contributed by atoms with Crippen LogP contribution in [0.2, 0.25) is 0 Å². The first-order chi connectivity index (χ1) is 6.33. The molecule has 0 aliphatic carbocycles. The summed E-state index contributed by atoms with van der Waals surface area (Å²) in [5.74, 6) is 3.27. The van der Waals surface area contributed by atoms with E-state index in [2.05, 4.69) is 16.3 Å². The van der Waals surface area contributed by atoms with Crippen molar-refractivity contribution in [1.29, 1.82) is 0 Å². The van der Waals surface area contributed by atoms with Crippen LogP contribution in [-0.4, -0.2) is 29.5 Å². The molecule has 0 radical (unpaired) electrons. The highest BCUT2D eigenvalue weighted by Gasteiger charge is 1.94. The van der Waals surface area contributed by atoms with Gasteiger partial charge in [-0.2, -0.15) is 5.10 Å². The zero-order valence-electron chi connectivity index (χ0n) is 7.66. The summed E-state index contributed by atoms with van der Waals surface area (Å²) in [6.45, 7) is 1.93. The van der Waals surface area contributed by atoms with E-state index in [1.807, 2.05) is 13.2 Å². The summed E-state index contributed by atoms with van der Waals surface area (Å²) in [7, 11) is 1.85. The zero-order chi connectivity index (χ0) is 9.52. The minimum absolute atomic E-state index is 0.580. The molecule has 0 saturated carbocycles. The average Bonchev–Trinajstić information content (AvgIpc) is 2.51. The molecule has 4 nitrogen and oxygen atoms in total. The van der Waals surface area contributed by atoms with Crippen molar-refractivity contribution in [2.24, 2.45) is 7.05 Å². The number of nitrogens with one attached hydrogen (secondary N) is 1. The Bertz CT molecular complexity index is 287. The molecular formula is C9H13N3O. The molecule has 1 aromatic rings. The van der Waals surface area contributed by atoms with Crippen LogP contribution in [0.5, 0.6) is 5.75 Å². The van der Waals surface area contributed by atoms with Crippen molar-refractivity contribution < 1.29 is 4.74 Å². The van der Waals surface area contributed by atoms with Crippen molar-refractivity contribution in [3.05, 3.63) is 12.4 Å². The summed E-state index contributed by atoms with van der Waals surface area (Å²) in [6.07, 6.45) is 8.56. The van der Waals surface area contributed by atoms with E-state index in [1.54, 1.807) is 10.9 Å². The summed E-state index contributed by atoms with van der Waals surface area (Å²) in [5, 5.41) is 6.99. The van der Waals surface area contributed by atoms with Crippen LogP contribution in [0.25, 0.3) is 0 Å². The molecule has 1 N–H and O–H groups in total. The number of rotatable bonds is 5. The van der Waals surface area contributed by atoms with Gasteiger partial charge in [0.05, 0.1) is 18.9 Å². The Labute approximate surface area is 77.9 Å². The molecule has 0 aliphatic rings. The van der Waals surface area contributed by atoms with Gasteiger partial charge in [-0.05, 0) is 0 Å². The number of terminal acetylenes is 1. The summed E-state index contributed by atoms with van der Waals surface area (Å²) >= 11 is 0. The van der Waals surface area contributed by atoms with E-state index in [4.69, 9.17) is 11.2 Å². The molecule has 0 aromatic carbocycles. The third-order valence-electron chi connectivity index (χ3n) is 1.46. The molecule has 0 unspecified atom stereocenters. The van der Waals surface area contributed by atoms with Crippen LogP contribution in [0.4, 0.5) is 0 Å². The van der Waals surface area contributed by atoms with E-state index in [-0.39, 0.29) is 0 Å². The van der Waals surface area contributed by atoms with Crippen LogP contribution in [-0.2, 0) is 7.05 Å². The van der Waals surface area contributed by atoms with Gasteiger partial charge >= 0.3 is 0 Å². The van der Waals surface area contributed by atoms with Crippen LogP contribution in [0.1, 0.15) is 0 Å². The van der Waals surface area contributed by atoms with E-state index >= 15 is 0 Å². The molecule has 1 aromatic heterocycles. The fraction of sp³-hybridized carbons (Fsp3) is 0.444. The van der Waals surface area contributed by atoms with E-state index in [0.29, 0.717) is 13.2 Å². The van der Waals surface area contributed by atoms with Gasteiger partial charge in [-0.15, -0.1) is 6.42 Å². The van der Waals surface area contributed by atoms with Crippen LogP contribution in [0.15, 0.2) is 12.4 Å². The number of ether oxygens (including phenoxy) is 1. The van der Waals surface area contributed by atoms with Crippen LogP contribution in [0, 0.1) is 12.3 Å². The quantitative estimate of drug-likeness (QED) is 0.511. The first-order valence-electron chi connectivity index (χ1n) is 4.08. The van der Waals surface area contributed by atoms with E-state index < -0.39 is 0 Å².